The molecule has 3 aromatic rings. The maximum atomic E-state index is 14.1. The van der Waals surface area contributed by atoms with Gasteiger partial charge in [-0.3, -0.25) is 13.9 Å². The molecule has 1 atom stereocenters. The van der Waals surface area contributed by atoms with Crippen LogP contribution in [-0.2, 0) is 32.6 Å². The van der Waals surface area contributed by atoms with Crippen LogP contribution in [0.15, 0.2) is 78.9 Å². The summed E-state index contributed by atoms with van der Waals surface area (Å²) >= 11 is 6.30. The van der Waals surface area contributed by atoms with Gasteiger partial charge in [-0.2, -0.15) is 0 Å². The molecular weight excluding hydrogens is 562 g/mol. The quantitative estimate of drug-likeness (QED) is 0.323. The summed E-state index contributed by atoms with van der Waals surface area (Å²) in [6, 6.07) is 22.6. The summed E-state index contributed by atoms with van der Waals surface area (Å²) in [7, 11) is -2.43. The smallest absolute Gasteiger partial charge is 0.244 e. The van der Waals surface area contributed by atoms with E-state index in [1.807, 2.05) is 60.7 Å². The molecule has 0 unspecified atom stereocenters. The minimum Gasteiger partial charge on any atom is -0.495 e. The molecule has 1 aliphatic rings. The Morgan fingerprint density at radius 3 is 2.15 bits per heavy atom. The molecule has 3 aromatic carbocycles. The summed E-state index contributed by atoms with van der Waals surface area (Å²) in [5.74, 6) is -0.371. The van der Waals surface area contributed by atoms with Gasteiger partial charge in [0.2, 0.25) is 21.8 Å². The van der Waals surface area contributed by atoms with Crippen molar-refractivity contribution in [3.8, 4) is 5.75 Å². The summed E-state index contributed by atoms with van der Waals surface area (Å²) in [5.41, 5.74) is 1.94. The van der Waals surface area contributed by atoms with Gasteiger partial charge in [0.1, 0.15) is 18.3 Å². The van der Waals surface area contributed by atoms with Crippen LogP contribution in [0.5, 0.6) is 5.75 Å². The zero-order valence-electron chi connectivity index (χ0n) is 23.3. The predicted molar refractivity (Wildman–Crippen MR) is 162 cm³/mol. The first-order valence-corrected chi connectivity index (χ1v) is 15.9. The average molecular weight is 598 g/mol. The Hall–Kier alpha value is -3.56. The Morgan fingerprint density at radius 2 is 1.59 bits per heavy atom. The molecule has 2 amide bonds. The van der Waals surface area contributed by atoms with E-state index in [9.17, 15) is 18.0 Å². The molecule has 4 rings (SSSR count). The van der Waals surface area contributed by atoms with Gasteiger partial charge in [-0.15, -0.1) is 0 Å². The second-order valence-electron chi connectivity index (χ2n) is 10.3. The molecule has 0 bridgehead atoms. The first-order chi connectivity index (χ1) is 19.7. The molecule has 0 saturated heterocycles. The van der Waals surface area contributed by atoms with Gasteiger partial charge in [-0.25, -0.2) is 8.42 Å². The van der Waals surface area contributed by atoms with E-state index in [-0.39, 0.29) is 35.6 Å². The fourth-order valence-electron chi connectivity index (χ4n) is 5.13. The van der Waals surface area contributed by atoms with Crippen molar-refractivity contribution < 1.29 is 22.7 Å². The first-order valence-electron chi connectivity index (χ1n) is 13.6. The van der Waals surface area contributed by atoms with Gasteiger partial charge in [0.05, 0.1) is 24.1 Å². The van der Waals surface area contributed by atoms with Crippen molar-refractivity contribution >= 4 is 39.1 Å². The van der Waals surface area contributed by atoms with Crippen molar-refractivity contribution in [3.05, 3.63) is 95.0 Å². The Bertz CT molecular complexity index is 1430. The van der Waals surface area contributed by atoms with E-state index in [1.54, 1.807) is 6.07 Å². The molecule has 41 heavy (non-hydrogen) atoms. The highest BCUT2D eigenvalue weighted by molar-refractivity contribution is 7.92. The molecule has 8 nitrogen and oxygen atoms in total. The largest absolute Gasteiger partial charge is 0.495 e. The number of nitrogens with one attached hydrogen (secondary N) is 1. The zero-order chi connectivity index (χ0) is 29.4. The van der Waals surface area contributed by atoms with Crippen LogP contribution in [0.3, 0.4) is 0 Å². The van der Waals surface area contributed by atoms with Crippen molar-refractivity contribution in [1.29, 1.82) is 0 Å². The Kier molecular flexibility index (Phi) is 10.3. The summed E-state index contributed by atoms with van der Waals surface area (Å²) in [6.07, 6.45) is 5.22. The topological polar surface area (TPSA) is 96.0 Å². The molecule has 0 spiro atoms. The number of anilines is 1. The number of methoxy groups -OCH3 is 1. The van der Waals surface area contributed by atoms with Crippen LogP contribution in [0.2, 0.25) is 5.02 Å². The van der Waals surface area contributed by atoms with E-state index in [2.05, 4.69) is 5.32 Å². The highest BCUT2D eigenvalue weighted by Crippen LogP contribution is 2.30. The lowest BCUT2D eigenvalue weighted by Gasteiger charge is -2.34. The van der Waals surface area contributed by atoms with Crippen LogP contribution < -0.4 is 14.4 Å². The van der Waals surface area contributed by atoms with Crippen molar-refractivity contribution in [2.24, 2.45) is 0 Å². The predicted octanol–water partition coefficient (Wildman–Crippen LogP) is 4.81. The van der Waals surface area contributed by atoms with E-state index < -0.39 is 28.5 Å². The second-order valence-corrected chi connectivity index (χ2v) is 12.6. The Labute approximate surface area is 247 Å². The van der Waals surface area contributed by atoms with E-state index in [0.717, 1.165) is 47.4 Å². The standard InChI is InChI=1S/C31H36ClN3O5S/c1-40-29-18-17-26(20-27(29)32)35(41(2,38)39)22-30(36)34(21-24-13-7-4-8-14-24)28(19-23-11-5-3-6-12-23)31(37)33-25-15-9-10-16-25/h3-8,11-14,17-18,20,25,28H,9-10,15-16,19,21-22H2,1-2H3,(H,33,37)/t28-/m1/s1. The number of hydrogen-bond donors (Lipinski definition) is 1. The number of rotatable bonds is 12. The van der Waals surface area contributed by atoms with E-state index in [4.69, 9.17) is 16.3 Å². The number of ether oxygens (including phenoxy) is 1. The molecule has 0 aromatic heterocycles. The molecule has 0 heterocycles. The van der Waals surface area contributed by atoms with Crippen molar-refractivity contribution in [2.75, 3.05) is 24.2 Å². The minimum absolute atomic E-state index is 0.0587. The fraction of sp³-hybridized carbons (Fsp3) is 0.355. The minimum atomic E-state index is -3.89. The molecule has 0 aliphatic heterocycles. The summed E-state index contributed by atoms with van der Waals surface area (Å²) < 4.78 is 32.1. The van der Waals surface area contributed by atoms with Crippen LogP contribution in [-0.4, -0.2) is 57.1 Å². The highest BCUT2D eigenvalue weighted by Gasteiger charge is 2.34. The number of benzene rings is 3. The van der Waals surface area contributed by atoms with E-state index >= 15 is 0 Å². The average Bonchev–Trinajstić information content (AvgIpc) is 3.47. The van der Waals surface area contributed by atoms with E-state index in [1.165, 1.54) is 24.1 Å². The van der Waals surface area contributed by atoms with Crippen LogP contribution in [0.1, 0.15) is 36.8 Å². The van der Waals surface area contributed by atoms with Gasteiger partial charge in [-0.05, 0) is 42.2 Å². The number of halogens is 1. The molecular formula is C31H36ClN3O5S. The molecule has 10 heteroatoms. The molecule has 0 radical (unpaired) electrons. The van der Waals surface area contributed by atoms with Crippen LogP contribution in [0.4, 0.5) is 5.69 Å². The number of hydrogen-bond acceptors (Lipinski definition) is 5. The number of carbonyl (C=O) groups is 2. The molecule has 1 fully saturated rings. The maximum Gasteiger partial charge on any atom is 0.244 e. The fourth-order valence-corrected chi connectivity index (χ4v) is 6.22. The van der Waals surface area contributed by atoms with Gasteiger partial charge >= 0.3 is 0 Å². The van der Waals surface area contributed by atoms with Crippen LogP contribution >= 0.6 is 11.6 Å². The normalized spacial score (nSPS) is 14.3. The number of nitrogens with zero attached hydrogens (tertiary/aromatic N) is 2. The number of amides is 2. The third kappa shape index (κ3) is 8.24. The van der Waals surface area contributed by atoms with Crippen LogP contribution in [0, 0.1) is 0 Å². The number of sulfonamides is 1. The third-order valence-electron chi connectivity index (χ3n) is 7.27. The molecule has 1 N–H and O–H groups in total. The lowest BCUT2D eigenvalue weighted by Crippen LogP contribution is -2.54. The summed E-state index contributed by atoms with van der Waals surface area (Å²) in [5, 5.41) is 3.37. The van der Waals surface area contributed by atoms with Gasteiger partial charge < -0.3 is 15.0 Å². The monoisotopic (exact) mass is 597 g/mol. The SMILES string of the molecule is COc1ccc(N(CC(=O)N(Cc2ccccc2)[C@H](Cc2ccccc2)C(=O)NC2CCCC2)S(C)(=O)=O)cc1Cl. The van der Waals surface area contributed by atoms with Gasteiger partial charge in [0, 0.05) is 19.0 Å². The lowest BCUT2D eigenvalue weighted by atomic mass is 10.0. The second kappa shape index (κ2) is 13.9. The third-order valence-corrected chi connectivity index (χ3v) is 8.71. The van der Waals surface area contributed by atoms with E-state index in [0.29, 0.717) is 5.75 Å². The lowest BCUT2D eigenvalue weighted by molar-refractivity contribution is -0.140. The summed E-state index contributed by atoms with van der Waals surface area (Å²) in [6.45, 7) is -0.368. The number of carbonyl (C=O) groups excluding carboxylic acids is 2. The summed E-state index contributed by atoms with van der Waals surface area (Å²) in [4.78, 5) is 29.5. The molecule has 1 aliphatic carbocycles. The maximum absolute atomic E-state index is 14.1. The van der Waals surface area contributed by atoms with Gasteiger partial charge in [-0.1, -0.05) is 85.1 Å². The Morgan fingerprint density at radius 1 is 0.976 bits per heavy atom. The first kappa shape index (κ1) is 30.4. The van der Waals surface area contributed by atoms with Crippen LogP contribution in [0.25, 0.3) is 0 Å². The van der Waals surface area contributed by atoms with Gasteiger partial charge in [0.25, 0.3) is 0 Å². The van der Waals surface area contributed by atoms with Gasteiger partial charge in [0.15, 0.2) is 0 Å². The Balaban J connectivity index is 1.71. The zero-order valence-corrected chi connectivity index (χ0v) is 24.9. The highest BCUT2D eigenvalue weighted by atomic mass is 35.5. The molecule has 1 saturated carbocycles. The van der Waals surface area contributed by atoms with Crippen molar-refractivity contribution in [1.82, 2.24) is 10.2 Å². The van der Waals surface area contributed by atoms with Crippen molar-refractivity contribution in [3.63, 3.8) is 0 Å². The van der Waals surface area contributed by atoms with Crippen molar-refractivity contribution in [2.45, 2.75) is 50.7 Å². The molecule has 218 valence electrons.